The third kappa shape index (κ3) is 11.8. The Morgan fingerprint density at radius 3 is 2.29 bits per heavy atom. The van der Waals surface area contributed by atoms with E-state index in [-0.39, 0.29) is 6.42 Å². The Hall–Kier alpha value is -2.75. The van der Waals surface area contributed by atoms with Crippen molar-refractivity contribution < 1.29 is 14.6 Å². The summed E-state index contributed by atoms with van der Waals surface area (Å²) in [5, 5.41) is 8.71. The Balaban J connectivity index is 0. The van der Waals surface area contributed by atoms with E-state index in [1.54, 1.807) is 13.2 Å². The minimum absolute atomic E-state index is 0.0862. The first-order valence-corrected chi connectivity index (χ1v) is 9.44. The van der Waals surface area contributed by atoms with Crippen molar-refractivity contribution in [3.8, 4) is 5.75 Å². The molecule has 0 unspecified atom stereocenters. The second-order valence-corrected chi connectivity index (χ2v) is 5.90. The highest BCUT2D eigenvalue weighted by atomic mass is 16.5. The average molecular weight is 388 g/mol. The van der Waals surface area contributed by atoms with Crippen LogP contribution in [0.3, 0.4) is 0 Å². The highest BCUT2D eigenvalue weighted by Gasteiger charge is 2.10. The maximum absolute atomic E-state index is 10.6. The molecule has 0 aliphatic rings. The lowest BCUT2D eigenvalue weighted by Gasteiger charge is -2.19. The molecule has 4 heteroatoms. The number of ether oxygens (including phenoxy) is 1. The molecular weight excluding hydrogens is 350 g/mol. The van der Waals surface area contributed by atoms with Crippen molar-refractivity contribution in [1.29, 1.82) is 0 Å². The van der Waals surface area contributed by atoms with Crippen molar-refractivity contribution >= 4 is 17.2 Å². The summed E-state index contributed by atoms with van der Waals surface area (Å²) >= 11 is 0. The Kier molecular flexibility index (Phi) is 16.1. The molecule has 4 nitrogen and oxygen atoms in total. The summed E-state index contributed by atoms with van der Waals surface area (Å²) in [6, 6.07) is 5.71. The fourth-order valence-corrected chi connectivity index (χ4v) is 2.02. The van der Waals surface area contributed by atoms with Gasteiger partial charge >= 0.3 is 5.97 Å². The zero-order valence-electron chi connectivity index (χ0n) is 18.6. The molecule has 0 saturated carbocycles. The van der Waals surface area contributed by atoms with Crippen molar-refractivity contribution in [3.63, 3.8) is 0 Å². The first kappa shape index (κ1) is 27.5. The minimum atomic E-state index is -0.814. The molecule has 0 spiro atoms. The number of methoxy groups -OCH3 is 1. The number of nitrogens with zero attached hydrogens (tertiary/aromatic N) is 1. The first-order chi connectivity index (χ1) is 13.3. The van der Waals surface area contributed by atoms with E-state index in [4.69, 9.17) is 9.84 Å². The lowest BCUT2D eigenvalue weighted by Crippen LogP contribution is -2.11. The molecule has 0 heterocycles. The number of carboxylic acids is 1. The fraction of sp³-hybridized carbons (Fsp3) is 0.375. The molecule has 0 radical (unpaired) electrons. The highest BCUT2D eigenvalue weighted by molar-refractivity contribution is 5.79. The van der Waals surface area contributed by atoms with Crippen LogP contribution in [0.15, 0.2) is 61.2 Å². The molecule has 0 aliphatic carbocycles. The van der Waals surface area contributed by atoms with E-state index in [9.17, 15) is 4.79 Å². The van der Waals surface area contributed by atoms with E-state index in [1.165, 1.54) is 5.57 Å². The molecule has 1 aromatic rings. The lowest BCUT2D eigenvalue weighted by molar-refractivity contribution is -0.136. The van der Waals surface area contributed by atoms with Gasteiger partial charge in [-0.05, 0) is 44.0 Å². The summed E-state index contributed by atoms with van der Waals surface area (Å²) in [5.74, 6) is -0.0717. The van der Waals surface area contributed by atoms with Crippen LogP contribution >= 0.6 is 0 Å². The second kappa shape index (κ2) is 16.4. The molecule has 0 saturated heterocycles. The van der Waals surface area contributed by atoms with Crippen LogP contribution in [0.1, 0.15) is 46.1 Å². The van der Waals surface area contributed by atoms with Crippen LogP contribution in [0.25, 0.3) is 5.57 Å². The summed E-state index contributed by atoms with van der Waals surface area (Å²) in [4.78, 5) is 12.6. The largest absolute Gasteiger partial charge is 0.497 e. The minimum Gasteiger partial charge on any atom is -0.497 e. The molecular formula is C24H37NO3. The molecule has 1 rings (SSSR count). The van der Waals surface area contributed by atoms with Crippen LogP contribution in [0.5, 0.6) is 5.75 Å². The predicted octanol–water partition coefficient (Wildman–Crippen LogP) is 6.36. The van der Waals surface area contributed by atoms with Gasteiger partial charge in [-0.1, -0.05) is 56.9 Å². The molecule has 0 aliphatic heterocycles. The molecule has 0 bridgehead atoms. The van der Waals surface area contributed by atoms with Crippen LogP contribution in [-0.4, -0.2) is 32.3 Å². The van der Waals surface area contributed by atoms with E-state index < -0.39 is 5.97 Å². The molecule has 0 amide bonds. The van der Waals surface area contributed by atoms with E-state index in [1.807, 2.05) is 70.1 Å². The van der Waals surface area contributed by atoms with Gasteiger partial charge in [0, 0.05) is 31.8 Å². The average Bonchev–Trinajstić information content (AvgIpc) is 2.71. The number of carbonyl (C=O) groups is 1. The number of aliphatic carboxylic acids is 1. The standard InChI is InChI=1S/C14H19NO3.C8H12.C2H6/c1-10(5-8-14(16)17)12-9-11(18-4)6-7-13(12)15(2)3;1-4-6-7-8(3)5-2;1-2/h6-7,9H,1,5,8H2,2-4H3,(H,16,17);4-7H,1H2,2-3H3;1-2H3/b;7-6-,8-5-;. The Labute approximate surface area is 171 Å². The van der Waals surface area contributed by atoms with Crippen LogP contribution in [0.2, 0.25) is 0 Å². The number of allylic oxidation sites excluding steroid dienone is 6. The van der Waals surface area contributed by atoms with Gasteiger partial charge in [-0.25, -0.2) is 0 Å². The lowest BCUT2D eigenvalue weighted by atomic mass is 10.00. The molecule has 0 fully saturated rings. The summed E-state index contributed by atoms with van der Waals surface area (Å²) in [6.45, 7) is 15.6. The zero-order valence-corrected chi connectivity index (χ0v) is 18.6. The number of hydrogen-bond donors (Lipinski definition) is 1. The van der Waals surface area contributed by atoms with Gasteiger partial charge < -0.3 is 14.7 Å². The molecule has 28 heavy (non-hydrogen) atoms. The molecule has 1 N–H and O–H groups in total. The van der Waals surface area contributed by atoms with Gasteiger partial charge in [0.2, 0.25) is 0 Å². The quantitative estimate of drug-likeness (QED) is 0.527. The third-order valence-electron chi connectivity index (χ3n) is 3.66. The van der Waals surface area contributed by atoms with Crippen LogP contribution in [0, 0.1) is 0 Å². The summed E-state index contributed by atoms with van der Waals surface area (Å²) in [6.07, 6.45) is 8.29. The van der Waals surface area contributed by atoms with Gasteiger partial charge in [0.15, 0.2) is 0 Å². The van der Waals surface area contributed by atoms with Gasteiger partial charge in [-0.3, -0.25) is 4.79 Å². The van der Waals surface area contributed by atoms with Crippen LogP contribution < -0.4 is 9.64 Å². The summed E-state index contributed by atoms with van der Waals surface area (Å²) < 4.78 is 5.19. The second-order valence-electron chi connectivity index (χ2n) is 5.90. The SMILES string of the molecule is C=C(CCC(=O)O)c1cc(OC)ccc1N(C)C.C=C/C=C\C(C)=C/C.CC. The van der Waals surface area contributed by atoms with Crippen molar-refractivity contribution in [3.05, 3.63) is 66.8 Å². The van der Waals surface area contributed by atoms with Crippen molar-refractivity contribution in [2.45, 2.75) is 40.5 Å². The number of carboxylic acid groups (broad SMARTS) is 1. The van der Waals surface area contributed by atoms with E-state index in [0.29, 0.717) is 6.42 Å². The number of hydrogen-bond acceptors (Lipinski definition) is 3. The van der Waals surface area contributed by atoms with Crippen molar-refractivity contribution in [2.24, 2.45) is 0 Å². The maximum Gasteiger partial charge on any atom is 0.303 e. The van der Waals surface area contributed by atoms with E-state index in [0.717, 1.165) is 22.6 Å². The molecule has 1 aromatic carbocycles. The number of anilines is 1. The van der Waals surface area contributed by atoms with Crippen molar-refractivity contribution in [1.82, 2.24) is 0 Å². The van der Waals surface area contributed by atoms with Gasteiger partial charge in [-0.2, -0.15) is 0 Å². The van der Waals surface area contributed by atoms with Crippen molar-refractivity contribution in [2.75, 3.05) is 26.1 Å². The zero-order chi connectivity index (χ0) is 22.1. The smallest absolute Gasteiger partial charge is 0.303 e. The third-order valence-corrected chi connectivity index (χ3v) is 3.66. The monoisotopic (exact) mass is 387 g/mol. The van der Waals surface area contributed by atoms with Crippen LogP contribution in [-0.2, 0) is 4.79 Å². The number of benzene rings is 1. The summed E-state index contributed by atoms with van der Waals surface area (Å²) in [7, 11) is 5.49. The topological polar surface area (TPSA) is 49.8 Å². The van der Waals surface area contributed by atoms with Gasteiger partial charge in [0.25, 0.3) is 0 Å². The normalized spacial score (nSPS) is 10.2. The number of rotatable bonds is 8. The first-order valence-electron chi connectivity index (χ1n) is 9.44. The Morgan fingerprint density at radius 1 is 1.25 bits per heavy atom. The van der Waals surface area contributed by atoms with E-state index >= 15 is 0 Å². The molecule has 0 atom stereocenters. The molecule has 0 aromatic heterocycles. The van der Waals surface area contributed by atoms with Gasteiger partial charge in [-0.15, -0.1) is 0 Å². The van der Waals surface area contributed by atoms with E-state index in [2.05, 4.69) is 26.2 Å². The fourth-order valence-electron chi connectivity index (χ4n) is 2.02. The Morgan fingerprint density at radius 2 is 1.86 bits per heavy atom. The molecule has 156 valence electrons. The van der Waals surface area contributed by atoms with Crippen LogP contribution in [0.4, 0.5) is 5.69 Å². The summed E-state index contributed by atoms with van der Waals surface area (Å²) in [5.41, 5.74) is 4.01. The predicted molar refractivity (Wildman–Crippen MR) is 123 cm³/mol. The maximum atomic E-state index is 10.6. The van der Waals surface area contributed by atoms with Gasteiger partial charge in [0.1, 0.15) is 5.75 Å². The van der Waals surface area contributed by atoms with Gasteiger partial charge in [0.05, 0.1) is 7.11 Å². The Bertz CT molecular complexity index is 670. The highest BCUT2D eigenvalue weighted by Crippen LogP contribution is 2.31.